The van der Waals surface area contributed by atoms with Gasteiger partial charge in [-0.3, -0.25) is 4.68 Å². The molecule has 0 spiro atoms. The fraction of sp³-hybridized carbons (Fsp3) is 0.526. The molecule has 0 amide bonds. The van der Waals surface area contributed by atoms with Crippen LogP contribution in [0.15, 0.2) is 24.3 Å². The molecule has 0 aliphatic carbocycles. The van der Waals surface area contributed by atoms with Crippen molar-refractivity contribution in [2.45, 2.75) is 39.3 Å². The Hall–Kier alpha value is -1.36. The molecule has 1 saturated heterocycles. The second kappa shape index (κ2) is 7.26. The van der Waals surface area contributed by atoms with E-state index in [4.69, 9.17) is 16.3 Å². The molecule has 3 unspecified atom stereocenters. The maximum atomic E-state index is 6.07. The number of ether oxygens (including phenoxy) is 1. The summed E-state index contributed by atoms with van der Waals surface area (Å²) >= 11 is 5.97. The number of nitrogens with zero attached hydrogens (tertiary/aromatic N) is 2. The third-order valence-corrected chi connectivity index (χ3v) is 5.37. The molecule has 0 bridgehead atoms. The van der Waals surface area contributed by atoms with Crippen LogP contribution in [0.3, 0.4) is 0 Å². The predicted octanol–water partition coefficient (Wildman–Crippen LogP) is 4.12. The van der Waals surface area contributed by atoms with Gasteiger partial charge in [0.05, 0.1) is 11.8 Å². The second-order valence-corrected chi connectivity index (χ2v) is 7.17. The fourth-order valence-electron chi connectivity index (χ4n) is 3.56. The Morgan fingerprint density at radius 1 is 1.33 bits per heavy atom. The Labute approximate surface area is 149 Å². The Morgan fingerprint density at radius 2 is 2.04 bits per heavy atom. The third kappa shape index (κ3) is 3.51. The molecule has 5 heteroatoms. The van der Waals surface area contributed by atoms with E-state index in [-0.39, 0.29) is 6.10 Å². The molecule has 1 N–H and O–H groups in total. The van der Waals surface area contributed by atoms with Gasteiger partial charge in [0.15, 0.2) is 0 Å². The summed E-state index contributed by atoms with van der Waals surface area (Å²) in [6.45, 7) is 8.14. The van der Waals surface area contributed by atoms with Gasteiger partial charge in [-0.2, -0.15) is 5.10 Å². The summed E-state index contributed by atoms with van der Waals surface area (Å²) in [5.74, 6) is 0.473. The van der Waals surface area contributed by atoms with Crippen LogP contribution in [0, 0.1) is 19.8 Å². The summed E-state index contributed by atoms with van der Waals surface area (Å²) in [5, 5.41) is 8.98. The zero-order valence-electron chi connectivity index (χ0n) is 14.8. The van der Waals surface area contributed by atoms with E-state index in [9.17, 15) is 0 Å². The van der Waals surface area contributed by atoms with Crippen molar-refractivity contribution in [3.63, 3.8) is 0 Å². The maximum Gasteiger partial charge on any atom is 0.0901 e. The minimum absolute atomic E-state index is 0.142. The number of aromatic nitrogens is 2. The van der Waals surface area contributed by atoms with Gasteiger partial charge >= 0.3 is 0 Å². The molecule has 0 saturated carbocycles. The average Bonchev–Trinajstić information content (AvgIpc) is 3.10. The van der Waals surface area contributed by atoms with Crippen LogP contribution in [-0.4, -0.2) is 22.9 Å². The van der Waals surface area contributed by atoms with Gasteiger partial charge in [0.25, 0.3) is 0 Å². The first-order chi connectivity index (χ1) is 11.5. The first kappa shape index (κ1) is 17.5. The molecular formula is C19H26ClN3O. The minimum Gasteiger partial charge on any atom is -0.373 e. The smallest absolute Gasteiger partial charge is 0.0901 e. The highest BCUT2D eigenvalue weighted by Crippen LogP contribution is 2.37. The van der Waals surface area contributed by atoms with Gasteiger partial charge in [-0.15, -0.1) is 0 Å². The summed E-state index contributed by atoms with van der Waals surface area (Å²) in [6.07, 6.45) is 1.22. The molecule has 1 fully saturated rings. The van der Waals surface area contributed by atoms with Gasteiger partial charge in [0.2, 0.25) is 0 Å². The minimum atomic E-state index is 0.142. The van der Waals surface area contributed by atoms with Gasteiger partial charge in [0.1, 0.15) is 0 Å². The molecule has 2 aromatic rings. The number of nitrogens with one attached hydrogen (secondary N) is 1. The largest absolute Gasteiger partial charge is 0.373 e. The average molecular weight is 348 g/mol. The van der Waals surface area contributed by atoms with Crippen molar-refractivity contribution in [1.82, 2.24) is 15.1 Å². The first-order valence-corrected chi connectivity index (χ1v) is 8.95. The summed E-state index contributed by atoms with van der Waals surface area (Å²) in [5.41, 5.74) is 4.80. The number of benzene rings is 1. The zero-order valence-corrected chi connectivity index (χ0v) is 15.6. The molecule has 4 nitrogen and oxygen atoms in total. The lowest BCUT2D eigenvalue weighted by atomic mass is 9.93. The Bertz CT molecular complexity index is 695. The van der Waals surface area contributed by atoms with Crippen LogP contribution in [0.4, 0.5) is 0 Å². The van der Waals surface area contributed by atoms with Crippen LogP contribution in [0.1, 0.15) is 48.0 Å². The number of halogens is 1. The molecule has 3 atom stereocenters. The first-order valence-electron chi connectivity index (χ1n) is 8.58. The van der Waals surface area contributed by atoms with Crippen molar-refractivity contribution in [3.8, 4) is 0 Å². The fourth-order valence-corrected chi connectivity index (χ4v) is 3.69. The molecule has 130 valence electrons. The molecule has 3 rings (SSSR count). The number of hydrogen-bond acceptors (Lipinski definition) is 3. The Morgan fingerprint density at radius 3 is 2.67 bits per heavy atom. The van der Waals surface area contributed by atoms with Crippen molar-refractivity contribution < 1.29 is 4.74 Å². The molecular weight excluding hydrogens is 322 g/mol. The summed E-state index contributed by atoms with van der Waals surface area (Å²) in [7, 11) is 2.00. The van der Waals surface area contributed by atoms with Gasteiger partial charge in [-0.25, -0.2) is 0 Å². The molecule has 1 aromatic carbocycles. The van der Waals surface area contributed by atoms with Gasteiger partial charge in [-0.1, -0.05) is 23.7 Å². The zero-order chi connectivity index (χ0) is 17.3. The van der Waals surface area contributed by atoms with Crippen molar-refractivity contribution in [1.29, 1.82) is 0 Å². The van der Waals surface area contributed by atoms with Crippen LogP contribution in [0.2, 0.25) is 5.02 Å². The van der Waals surface area contributed by atoms with Gasteiger partial charge in [0, 0.05) is 48.4 Å². The number of rotatable bonds is 5. The van der Waals surface area contributed by atoms with E-state index in [0.29, 0.717) is 12.0 Å². The van der Waals surface area contributed by atoms with Crippen LogP contribution in [0.5, 0.6) is 0 Å². The third-order valence-electron chi connectivity index (χ3n) is 5.12. The topological polar surface area (TPSA) is 39.1 Å². The quantitative estimate of drug-likeness (QED) is 0.884. The highest BCUT2D eigenvalue weighted by atomic mass is 35.5. The van der Waals surface area contributed by atoms with Gasteiger partial charge in [-0.05, 0) is 44.9 Å². The van der Waals surface area contributed by atoms with Crippen LogP contribution < -0.4 is 5.32 Å². The highest BCUT2D eigenvalue weighted by molar-refractivity contribution is 6.30. The van der Waals surface area contributed by atoms with Crippen LogP contribution in [-0.2, 0) is 11.8 Å². The SMILES string of the molecule is Cc1nn(C)c(C)c1C1OCCC1CNC(C)c1ccc(Cl)cc1. The van der Waals surface area contributed by atoms with E-state index in [0.717, 1.165) is 30.3 Å². The van der Waals surface area contributed by atoms with E-state index < -0.39 is 0 Å². The normalized spacial score (nSPS) is 22.0. The lowest BCUT2D eigenvalue weighted by Crippen LogP contribution is -2.27. The molecule has 2 heterocycles. The number of hydrogen-bond donors (Lipinski definition) is 1. The summed E-state index contributed by atoms with van der Waals surface area (Å²) < 4.78 is 8.02. The lowest BCUT2D eigenvalue weighted by Gasteiger charge is -2.22. The van der Waals surface area contributed by atoms with Crippen molar-refractivity contribution in [3.05, 3.63) is 51.8 Å². The van der Waals surface area contributed by atoms with Crippen LogP contribution in [0.25, 0.3) is 0 Å². The van der Waals surface area contributed by atoms with E-state index in [1.807, 2.05) is 23.9 Å². The van der Waals surface area contributed by atoms with Crippen molar-refractivity contribution in [2.24, 2.45) is 13.0 Å². The standard InChI is InChI=1S/C19H26ClN3O/c1-12(15-5-7-17(20)8-6-15)21-11-16-9-10-24-19(16)18-13(2)22-23(4)14(18)3/h5-8,12,16,19,21H,9-11H2,1-4H3. The molecule has 1 aliphatic rings. The molecule has 1 aromatic heterocycles. The molecule has 24 heavy (non-hydrogen) atoms. The predicted molar refractivity (Wildman–Crippen MR) is 97.4 cm³/mol. The van der Waals surface area contributed by atoms with Crippen molar-refractivity contribution in [2.75, 3.05) is 13.2 Å². The maximum absolute atomic E-state index is 6.07. The summed E-state index contributed by atoms with van der Waals surface area (Å²) in [4.78, 5) is 0. The van der Waals surface area contributed by atoms with E-state index in [2.05, 4.69) is 43.3 Å². The lowest BCUT2D eigenvalue weighted by molar-refractivity contribution is 0.0888. The van der Waals surface area contributed by atoms with E-state index >= 15 is 0 Å². The monoisotopic (exact) mass is 347 g/mol. The summed E-state index contributed by atoms with van der Waals surface area (Å²) in [6, 6.07) is 8.34. The Balaban J connectivity index is 1.67. The second-order valence-electron chi connectivity index (χ2n) is 6.73. The highest BCUT2D eigenvalue weighted by Gasteiger charge is 2.33. The van der Waals surface area contributed by atoms with E-state index in [1.165, 1.54) is 16.8 Å². The van der Waals surface area contributed by atoms with Gasteiger partial charge < -0.3 is 10.1 Å². The molecule has 0 radical (unpaired) electrons. The number of aryl methyl sites for hydroxylation is 2. The Kier molecular flexibility index (Phi) is 5.28. The van der Waals surface area contributed by atoms with E-state index in [1.54, 1.807) is 0 Å². The van der Waals surface area contributed by atoms with Crippen LogP contribution >= 0.6 is 11.6 Å². The molecule has 1 aliphatic heterocycles. The van der Waals surface area contributed by atoms with Crippen molar-refractivity contribution >= 4 is 11.6 Å².